The summed E-state index contributed by atoms with van der Waals surface area (Å²) in [5, 5.41) is 0. The van der Waals surface area contributed by atoms with Crippen molar-refractivity contribution in [2.24, 2.45) is 28.6 Å². The van der Waals surface area contributed by atoms with Gasteiger partial charge in [-0.15, -0.1) is 0 Å². The Morgan fingerprint density at radius 2 is 1.84 bits per heavy atom. The lowest BCUT2D eigenvalue weighted by atomic mass is 9.47. The van der Waals surface area contributed by atoms with Gasteiger partial charge < -0.3 is 0 Å². The molecule has 3 fully saturated rings. The second-order valence-corrected chi connectivity index (χ2v) is 10.2. The number of hydrogen-bond donors (Lipinski definition) is 1. The Morgan fingerprint density at radius 3 is 2.56 bits per heavy atom. The van der Waals surface area contributed by atoms with E-state index in [4.69, 9.17) is 8.74 Å². The van der Waals surface area contributed by atoms with Crippen LogP contribution in [0.2, 0.25) is 0 Å². The van der Waals surface area contributed by atoms with Crippen molar-refractivity contribution in [3.63, 3.8) is 0 Å². The molecule has 0 aromatic carbocycles. The third-order valence-corrected chi connectivity index (χ3v) is 8.59. The van der Waals surface area contributed by atoms with E-state index in [1.165, 1.54) is 5.57 Å². The quantitative estimate of drug-likeness (QED) is 0.752. The second-order valence-electron chi connectivity index (χ2n) is 9.10. The molecule has 0 spiro atoms. The molecule has 0 bridgehead atoms. The van der Waals surface area contributed by atoms with Gasteiger partial charge in [0.25, 0.3) is 0 Å². The maximum absolute atomic E-state index is 11.9. The van der Waals surface area contributed by atoms with E-state index in [2.05, 4.69) is 13.8 Å². The molecular formula is C19H28O5S. The van der Waals surface area contributed by atoms with Crippen molar-refractivity contribution in [3.8, 4) is 0 Å². The molecular weight excluding hydrogens is 340 g/mol. The van der Waals surface area contributed by atoms with Crippen LogP contribution in [-0.2, 0) is 19.4 Å². The van der Waals surface area contributed by atoms with Gasteiger partial charge in [-0.05, 0) is 79.6 Å². The minimum atomic E-state index is -4.41. The summed E-state index contributed by atoms with van der Waals surface area (Å²) in [7, 11) is -4.41. The molecule has 3 saturated carbocycles. The van der Waals surface area contributed by atoms with Gasteiger partial charge in [0, 0.05) is 6.42 Å². The average Bonchev–Trinajstić information content (AvgIpc) is 2.83. The number of fused-ring (bicyclic) bond motifs is 5. The molecule has 0 heterocycles. The largest absolute Gasteiger partial charge is 0.397 e. The molecule has 4 aliphatic rings. The van der Waals surface area contributed by atoms with Crippen molar-refractivity contribution < 1.29 is 21.9 Å². The summed E-state index contributed by atoms with van der Waals surface area (Å²) in [5.74, 6) is 1.84. The highest BCUT2D eigenvalue weighted by molar-refractivity contribution is 7.80. The summed E-state index contributed by atoms with van der Waals surface area (Å²) in [5.41, 5.74) is 1.29. The van der Waals surface area contributed by atoms with Crippen LogP contribution in [0.15, 0.2) is 11.6 Å². The Hall–Kier alpha value is -0.720. The van der Waals surface area contributed by atoms with E-state index in [0.29, 0.717) is 30.6 Å². The van der Waals surface area contributed by atoms with E-state index in [0.717, 1.165) is 38.5 Å². The Kier molecular flexibility index (Phi) is 3.99. The van der Waals surface area contributed by atoms with Crippen molar-refractivity contribution in [1.29, 1.82) is 0 Å². The highest BCUT2D eigenvalue weighted by Crippen LogP contribution is 2.65. The summed E-state index contributed by atoms with van der Waals surface area (Å²) in [6, 6.07) is 0. The smallest absolute Gasteiger partial charge is 0.295 e. The number of rotatable bonds is 2. The molecule has 6 heteroatoms. The minimum absolute atomic E-state index is 0.125. The Morgan fingerprint density at radius 1 is 1.08 bits per heavy atom. The van der Waals surface area contributed by atoms with Crippen LogP contribution < -0.4 is 0 Å². The first-order valence-electron chi connectivity index (χ1n) is 9.53. The maximum Gasteiger partial charge on any atom is 0.397 e. The van der Waals surface area contributed by atoms with E-state index < -0.39 is 16.5 Å². The van der Waals surface area contributed by atoms with E-state index in [1.807, 2.05) is 6.08 Å². The number of hydrogen-bond acceptors (Lipinski definition) is 4. The molecule has 1 N–H and O–H groups in total. The van der Waals surface area contributed by atoms with E-state index in [9.17, 15) is 13.2 Å². The first-order valence-corrected chi connectivity index (χ1v) is 10.9. The summed E-state index contributed by atoms with van der Waals surface area (Å²) >= 11 is 0. The van der Waals surface area contributed by atoms with Crippen LogP contribution in [0.25, 0.3) is 0 Å². The first-order chi connectivity index (χ1) is 11.6. The molecule has 0 radical (unpaired) electrons. The van der Waals surface area contributed by atoms with Crippen LogP contribution in [0.3, 0.4) is 0 Å². The lowest BCUT2D eigenvalue weighted by Gasteiger charge is -2.57. The lowest BCUT2D eigenvalue weighted by molar-refractivity contribution is -0.117. The SMILES string of the molecule is C[C@]12CCC(=O)C=C1CCC1C2CC[C@@]2(C)C1CC[C@@H]2OS(=O)(=O)O. The zero-order valence-corrected chi connectivity index (χ0v) is 15.8. The van der Waals surface area contributed by atoms with Gasteiger partial charge in [0.1, 0.15) is 0 Å². The average molecular weight is 368 g/mol. The summed E-state index contributed by atoms with van der Waals surface area (Å²) in [6.07, 6.45) is 8.80. The number of allylic oxidation sites excluding steroid dienone is 1. The predicted octanol–water partition coefficient (Wildman–Crippen LogP) is 3.71. The van der Waals surface area contributed by atoms with E-state index in [-0.39, 0.29) is 16.6 Å². The molecule has 4 rings (SSSR count). The monoisotopic (exact) mass is 368 g/mol. The third-order valence-electron chi connectivity index (χ3n) is 8.11. The van der Waals surface area contributed by atoms with Crippen LogP contribution in [0.5, 0.6) is 0 Å². The number of ketones is 1. The Bertz CT molecular complexity index is 726. The zero-order chi connectivity index (χ0) is 18.0. The van der Waals surface area contributed by atoms with Crippen molar-refractivity contribution >= 4 is 16.2 Å². The van der Waals surface area contributed by atoms with Gasteiger partial charge in [0.15, 0.2) is 5.78 Å². The number of carbonyl (C=O) groups excluding carboxylic acids is 1. The Labute approximate surface area is 150 Å². The van der Waals surface area contributed by atoms with Crippen LogP contribution in [0, 0.1) is 28.6 Å². The zero-order valence-electron chi connectivity index (χ0n) is 15.0. The normalized spacial score (nSPS) is 46.8. The molecule has 0 saturated heterocycles. The van der Waals surface area contributed by atoms with Crippen LogP contribution in [0.4, 0.5) is 0 Å². The third kappa shape index (κ3) is 2.72. The highest BCUT2D eigenvalue weighted by Gasteiger charge is 2.59. The molecule has 0 amide bonds. The van der Waals surface area contributed by atoms with Gasteiger partial charge in [-0.25, -0.2) is 4.18 Å². The fraction of sp³-hybridized carbons (Fsp3) is 0.842. The Balaban J connectivity index is 1.62. The summed E-state index contributed by atoms with van der Waals surface area (Å²) in [6.45, 7) is 4.49. The fourth-order valence-corrected chi connectivity index (χ4v) is 7.43. The van der Waals surface area contributed by atoms with Gasteiger partial charge in [-0.3, -0.25) is 9.35 Å². The predicted molar refractivity (Wildman–Crippen MR) is 93.1 cm³/mol. The molecule has 25 heavy (non-hydrogen) atoms. The van der Waals surface area contributed by atoms with Gasteiger partial charge in [-0.2, -0.15) is 8.42 Å². The fourth-order valence-electron chi connectivity index (χ4n) is 6.82. The molecule has 5 nitrogen and oxygen atoms in total. The van der Waals surface area contributed by atoms with Crippen molar-refractivity contribution in [2.75, 3.05) is 0 Å². The summed E-state index contributed by atoms with van der Waals surface area (Å²) in [4.78, 5) is 11.9. The van der Waals surface area contributed by atoms with Crippen molar-refractivity contribution in [2.45, 2.75) is 71.3 Å². The molecule has 3 unspecified atom stereocenters. The number of carbonyl (C=O) groups is 1. The maximum atomic E-state index is 11.9. The van der Waals surface area contributed by atoms with Crippen molar-refractivity contribution in [3.05, 3.63) is 11.6 Å². The topological polar surface area (TPSA) is 80.7 Å². The molecule has 0 aromatic heterocycles. The van der Waals surface area contributed by atoms with Crippen LogP contribution in [0.1, 0.15) is 65.2 Å². The first kappa shape index (κ1) is 17.7. The van der Waals surface area contributed by atoms with Crippen molar-refractivity contribution in [1.82, 2.24) is 0 Å². The molecule has 140 valence electrons. The molecule has 0 aliphatic heterocycles. The van der Waals surface area contributed by atoms with E-state index >= 15 is 0 Å². The van der Waals surface area contributed by atoms with E-state index in [1.54, 1.807) is 0 Å². The molecule has 4 aliphatic carbocycles. The summed E-state index contributed by atoms with van der Waals surface area (Å²) < 4.78 is 36.7. The molecule has 6 atom stereocenters. The van der Waals surface area contributed by atoms with Crippen LogP contribution >= 0.6 is 0 Å². The van der Waals surface area contributed by atoms with Gasteiger partial charge >= 0.3 is 10.4 Å². The molecule has 0 aromatic rings. The lowest BCUT2D eigenvalue weighted by Crippen LogP contribution is -2.51. The minimum Gasteiger partial charge on any atom is -0.295 e. The highest BCUT2D eigenvalue weighted by atomic mass is 32.3. The van der Waals surface area contributed by atoms with Gasteiger partial charge in [-0.1, -0.05) is 19.4 Å². The van der Waals surface area contributed by atoms with Crippen LogP contribution in [-0.4, -0.2) is 24.9 Å². The van der Waals surface area contributed by atoms with Gasteiger partial charge in [0.2, 0.25) is 0 Å². The second kappa shape index (κ2) is 5.64. The standard InChI is InChI=1S/C19H28O5S/c1-18-9-7-13(20)11-12(18)3-4-14-15-5-6-17(24-25(21,22)23)19(15,2)10-8-16(14)18/h11,14-17H,3-10H2,1-2H3,(H,21,22,23)/t14?,15?,16?,17-,18-,19-/m0/s1. The van der Waals surface area contributed by atoms with Gasteiger partial charge in [0.05, 0.1) is 6.10 Å².